The fraction of sp³-hybridized carbons (Fsp3) is 0.500. The fourth-order valence-corrected chi connectivity index (χ4v) is 2.52. The zero-order chi connectivity index (χ0) is 13.2. The zero-order valence-corrected chi connectivity index (χ0v) is 10.6. The van der Waals surface area contributed by atoms with Crippen LogP contribution in [0.1, 0.15) is 6.42 Å². The summed E-state index contributed by atoms with van der Waals surface area (Å²) >= 11 is 0. The molecule has 0 radical (unpaired) electrons. The van der Waals surface area contributed by atoms with E-state index in [4.69, 9.17) is 4.74 Å². The molecule has 2 aliphatic rings. The molecule has 0 saturated carbocycles. The molecule has 1 saturated heterocycles. The molecule has 0 bridgehead atoms. The van der Waals surface area contributed by atoms with Crippen molar-refractivity contribution in [3.8, 4) is 0 Å². The number of aromatic nitrogens is 2. The van der Waals surface area contributed by atoms with Gasteiger partial charge in [0.2, 0.25) is 5.91 Å². The lowest BCUT2D eigenvalue weighted by molar-refractivity contribution is -0.122. The molecular weight excluding hydrogens is 246 g/mol. The number of anilines is 1. The van der Waals surface area contributed by atoms with E-state index in [0.717, 1.165) is 6.42 Å². The van der Waals surface area contributed by atoms with Gasteiger partial charge in [0.1, 0.15) is 12.1 Å². The maximum Gasteiger partial charge on any atom is 0.249 e. The van der Waals surface area contributed by atoms with Crippen LogP contribution in [-0.4, -0.2) is 54.1 Å². The number of rotatable bonds is 2. The van der Waals surface area contributed by atoms with Crippen LogP contribution in [0.4, 0.5) is 5.82 Å². The molecule has 1 aromatic heterocycles. The minimum absolute atomic E-state index is 0.0167. The van der Waals surface area contributed by atoms with Gasteiger partial charge in [-0.05, 0) is 13.5 Å². The van der Waals surface area contributed by atoms with E-state index in [-0.39, 0.29) is 18.1 Å². The molecule has 7 heteroatoms. The number of fused-ring (bicyclic) bond motifs is 1. The summed E-state index contributed by atoms with van der Waals surface area (Å²) in [6.45, 7) is 0.567. The number of likely N-dealkylation sites (N-methyl/N-ethyl adjacent to an activating group) is 1. The van der Waals surface area contributed by atoms with Gasteiger partial charge >= 0.3 is 0 Å². The molecule has 3 heterocycles. The van der Waals surface area contributed by atoms with E-state index in [1.165, 1.54) is 6.40 Å². The number of amides is 1. The zero-order valence-electron chi connectivity index (χ0n) is 10.6. The molecule has 3 atom stereocenters. The summed E-state index contributed by atoms with van der Waals surface area (Å²) in [5.74, 6) is 0.512. The van der Waals surface area contributed by atoms with Crippen molar-refractivity contribution in [2.45, 2.75) is 24.6 Å². The Kier molecular flexibility index (Phi) is 3.12. The van der Waals surface area contributed by atoms with Crippen molar-refractivity contribution in [2.75, 3.05) is 18.5 Å². The van der Waals surface area contributed by atoms with Crippen molar-refractivity contribution in [2.24, 2.45) is 4.99 Å². The maximum absolute atomic E-state index is 12.6. The Morgan fingerprint density at radius 2 is 2.37 bits per heavy atom. The highest BCUT2D eigenvalue weighted by Crippen LogP contribution is 2.24. The average Bonchev–Trinajstić information content (AvgIpc) is 2.85. The van der Waals surface area contributed by atoms with Crippen LogP contribution in [0.5, 0.6) is 0 Å². The highest BCUT2D eigenvalue weighted by atomic mass is 16.5. The van der Waals surface area contributed by atoms with E-state index in [1.807, 2.05) is 0 Å². The molecule has 1 amide bonds. The van der Waals surface area contributed by atoms with E-state index in [2.05, 4.69) is 20.3 Å². The van der Waals surface area contributed by atoms with Crippen LogP contribution in [0.25, 0.3) is 0 Å². The molecule has 2 aliphatic heterocycles. The highest BCUT2D eigenvalue weighted by Gasteiger charge is 2.42. The van der Waals surface area contributed by atoms with Gasteiger partial charge in [-0.3, -0.25) is 19.7 Å². The van der Waals surface area contributed by atoms with Gasteiger partial charge in [0.05, 0.1) is 12.2 Å². The van der Waals surface area contributed by atoms with Crippen LogP contribution in [0.2, 0.25) is 0 Å². The first kappa shape index (κ1) is 12.0. The first-order chi connectivity index (χ1) is 9.31. The molecule has 1 N–H and O–H groups in total. The summed E-state index contributed by atoms with van der Waals surface area (Å²) in [5, 5.41) is 3.02. The van der Waals surface area contributed by atoms with Gasteiger partial charge in [-0.2, -0.15) is 0 Å². The molecule has 3 unspecified atom stereocenters. The maximum atomic E-state index is 12.6. The second kappa shape index (κ2) is 4.93. The van der Waals surface area contributed by atoms with Gasteiger partial charge in [0.25, 0.3) is 0 Å². The molecule has 7 nitrogen and oxygen atoms in total. The van der Waals surface area contributed by atoms with Crippen LogP contribution in [0.15, 0.2) is 23.6 Å². The fourth-order valence-electron chi connectivity index (χ4n) is 2.52. The van der Waals surface area contributed by atoms with E-state index < -0.39 is 6.04 Å². The molecule has 100 valence electrons. The molecule has 1 fully saturated rings. The Bertz CT molecular complexity index is 492. The molecule has 19 heavy (non-hydrogen) atoms. The molecular formula is C12H15N5O2. The predicted octanol–water partition coefficient (Wildman–Crippen LogP) is -0.403. The lowest BCUT2D eigenvalue weighted by atomic mass is 10.0. The van der Waals surface area contributed by atoms with Crippen LogP contribution in [0, 0.1) is 0 Å². The van der Waals surface area contributed by atoms with Crippen LogP contribution < -0.4 is 10.2 Å². The predicted molar refractivity (Wildman–Crippen MR) is 69.0 cm³/mol. The monoisotopic (exact) mass is 261 g/mol. The highest BCUT2D eigenvalue weighted by molar-refractivity contribution is 5.97. The molecule has 3 rings (SSSR count). The van der Waals surface area contributed by atoms with Crippen LogP contribution in [-0.2, 0) is 9.53 Å². The second-order valence-corrected chi connectivity index (χ2v) is 4.53. The smallest absolute Gasteiger partial charge is 0.249 e. The second-order valence-electron chi connectivity index (χ2n) is 4.53. The number of carbonyl (C=O) groups is 1. The van der Waals surface area contributed by atoms with E-state index in [9.17, 15) is 4.79 Å². The number of hydrogen-bond acceptors (Lipinski definition) is 6. The van der Waals surface area contributed by atoms with Crippen molar-refractivity contribution in [3.05, 3.63) is 18.6 Å². The number of nitrogens with one attached hydrogen (secondary N) is 1. The number of carbonyl (C=O) groups excluding carboxylic acids is 1. The summed E-state index contributed by atoms with van der Waals surface area (Å²) in [6, 6.07) is -0.403. The molecule has 0 aromatic carbocycles. The SMILES string of the molecule is CNC1C(=O)N(c2cnccn2)CCC2N=COC21. The summed E-state index contributed by atoms with van der Waals surface area (Å²) < 4.78 is 5.46. The third-order valence-corrected chi connectivity index (χ3v) is 3.50. The Balaban J connectivity index is 1.91. The number of nitrogens with zero attached hydrogens (tertiary/aromatic N) is 4. The van der Waals surface area contributed by atoms with Crippen molar-refractivity contribution in [1.82, 2.24) is 15.3 Å². The largest absolute Gasteiger partial charge is 0.476 e. The van der Waals surface area contributed by atoms with Gasteiger partial charge in [-0.15, -0.1) is 0 Å². The Hall–Kier alpha value is -2.02. The number of hydrogen-bond donors (Lipinski definition) is 1. The number of ether oxygens (including phenoxy) is 1. The van der Waals surface area contributed by atoms with E-state index >= 15 is 0 Å². The minimum Gasteiger partial charge on any atom is -0.476 e. The lowest BCUT2D eigenvalue weighted by Gasteiger charge is -2.25. The first-order valence-corrected chi connectivity index (χ1v) is 6.23. The van der Waals surface area contributed by atoms with Crippen LogP contribution in [0.3, 0.4) is 0 Å². The van der Waals surface area contributed by atoms with Gasteiger partial charge in [-0.25, -0.2) is 4.98 Å². The summed E-state index contributed by atoms with van der Waals surface area (Å²) in [4.78, 5) is 26.7. The Labute approximate surface area is 110 Å². The standard InChI is InChI=1S/C12H15N5O2/c1-13-10-11-8(16-7-19-11)2-5-17(12(10)18)9-6-14-3-4-15-9/h3-4,6-8,10-11,13H,2,5H2,1H3. The quantitative estimate of drug-likeness (QED) is 0.783. The molecule has 0 spiro atoms. The van der Waals surface area contributed by atoms with Gasteiger partial charge < -0.3 is 10.1 Å². The van der Waals surface area contributed by atoms with Crippen molar-refractivity contribution < 1.29 is 9.53 Å². The van der Waals surface area contributed by atoms with E-state index in [0.29, 0.717) is 12.4 Å². The Morgan fingerprint density at radius 3 is 3.11 bits per heavy atom. The minimum atomic E-state index is -0.419. The first-order valence-electron chi connectivity index (χ1n) is 6.23. The number of aliphatic imine (C=N–C) groups is 1. The molecule has 0 aliphatic carbocycles. The van der Waals surface area contributed by atoms with Crippen molar-refractivity contribution in [1.29, 1.82) is 0 Å². The third kappa shape index (κ3) is 2.06. The lowest BCUT2D eigenvalue weighted by Crippen LogP contribution is -2.51. The third-order valence-electron chi connectivity index (χ3n) is 3.50. The normalized spacial score (nSPS) is 29.8. The average molecular weight is 261 g/mol. The van der Waals surface area contributed by atoms with Crippen LogP contribution >= 0.6 is 0 Å². The van der Waals surface area contributed by atoms with Gasteiger partial charge in [0, 0.05) is 18.9 Å². The van der Waals surface area contributed by atoms with Gasteiger partial charge in [0.15, 0.2) is 12.2 Å². The van der Waals surface area contributed by atoms with E-state index in [1.54, 1.807) is 30.5 Å². The summed E-state index contributed by atoms with van der Waals surface area (Å²) in [6.07, 6.45) is 6.72. The Morgan fingerprint density at radius 1 is 1.47 bits per heavy atom. The summed E-state index contributed by atoms with van der Waals surface area (Å²) in [5.41, 5.74) is 0. The molecule has 1 aromatic rings. The van der Waals surface area contributed by atoms with Gasteiger partial charge in [-0.1, -0.05) is 0 Å². The van der Waals surface area contributed by atoms with Crippen molar-refractivity contribution >= 4 is 18.1 Å². The summed E-state index contributed by atoms with van der Waals surface area (Å²) in [7, 11) is 1.75. The van der Waals surface area contributed by atoms with Crippen molar-refractivity contribution in [3.63, 3.8) is 0 Å². The topological polar surface area (TPSA) is 79.7 Å².